The van der Waals surface area contributed by atoms with Gasteiger partial charge in [-0.15, -0.1) is 0 Å². The van der Waals surface area contributed by atoms with E-state index in [4.69, 9.17) is 15.2 Å². The second kappa shape index (κ2) is 5.44. The van der Waals surface area contributed by atoms with Crippen molar-refractivity contribution in [2.45, 2.75) is 31.3 Å². The van der Waals surface area contributed by atoms with E-state index >= 15 is 0 Å². The van der Waals surface area contributed by atoms with Crippen LogP contribution in [0.15, 0.2) is 0 Å². The van der Waals surface area contributed by atoms with E-state index in [1.807, 2.05) is 0 Å². The fraction of sp³-hybridized carbons (Fsp3) is 0.900. The molecule has 14 heavy (non-hydrogen) atoms. The summed E-state index contributed by atoms with van der Waals surface area (Å²) in [6, 6.07) is 0. The normalized spacial score (nSPS) is 27.6. The molecule has 1 saturated heterocycles. The lowest BCUT2D eigenvalue weighted by atomic mass is 9.88. The summed E-state index contributed by atoms with van der Waals surface area (Å²) < 4.78 is 10.7. The Bertz CT molecular complexity index is 182. The molecule has 0 radical (unpaired) electrons. The summed E-state index contributed by atoms with van der Waals surface area (Å²) in [5, 5.41) is 0. The van der Waals surface area contributed by atoms with Crippen LogP contribution in [-0.4, -0.2) is 38.3 Å². The Kier molecular flexibility index (Phi) is 4.51. The Morgan fingerprint density at radius 2 is 2.36 bits per heavy atom. The predicted molar refractivity (Wildman–Crippen MR) is 53.1 cm³/mol. The SMILES string of the molecule is COCC1(C(=O)CCN)CCCCO1. The molecule has 0 aromatic rings. The standard InChI is InChI=1S/C10H19NO3/c1-13-8-10(9(12)4-6-11)5-2-3-7-14-10/h2-8,11H2,1H3. The number of ketones is 1. The number of hydrogen-bond acceptors (Lipinski definition) is 4. The molecule has 1 fully saturated rings. The van der Waals surface area contributed by atoms with Gasteiger partial charge in [-0.3, -0.25) is 4.79 Å². The minimum absolute atomic E-state index is 0.0848. The molecular weight excluding hydrogens is 182 g/mol. The summed E-state index contributed by atoms with van der Waals surface area (Å²) >= 11 is 0. The van der Waals surface area contributed by atoms with Crippen LogP contribution in [0.5, 0.6) is 0 Å². The first-order valence-electron chi connectivity index (χ1n) is 5.11. The molecule has 82 valence electrons. The minimum Gasteiger partial charge on any atom is -0.381 e. The van der Waals surface area contributed by atoms with Gasteiger partial charge in [0.25, 0.3) is 0 Å². The third kappa shape index (κ3) is 2.53. The fourth-order valence-electron chi connectivity index (χ4n) is 1.86. The van der Waals surface area contributed by atoms with Crippen molar-refractivity contribution in [1.82, 2.24) is 0 Å². The van der Waals surface area contributed by atoms with Crippen LogP contribution in [0.25, 0.3) is 0 Å². The molecule has 0 aromatic carbocycles. The van der Waals surface area contributed by atoms with E-state index in [0.29, 0.717) is 26.2 Å². The molecule has 1 rings (SSSR count). The zero-order chi connectivity index (χ0) is 10.4. The van der Waals surface area contributed by atoms with Crippen LogP contribution in [0.4, 0.5) is 0 Å². The highest BCUT2D eigenvalue weighted by Gasteiger charge is 2.39. The monoisotopic (exact) mass is 201 g/mol. The quantitative estimate of drug-likeness (QED) is 0.703. The molecule has 4 heteroatoms. The van der Waals surface area contributed by atoms with Crippen molar-refractivity contribution >= 4 is 5.78 Å². The first-order chi connectivity index (χ1) is 6.75. The smallest absolute Gasteiger partial charge is 0.168 e. The fourth-order valence-corrected chi connectivity index (χ4v) is 1.86. The van der Waals surface area contributed by atoms with Gasteiger partial charge in [-0.1, -0.05) is 0 Å². The van der Waals surface area contributed by atoms with Crippen molar-refractivity contribution in [3.05, 3.63) is 0 Å². The second-order valence-electron chi connectivity index (χ2n) is 3.69. The van der Waals surface area contributed by atoms with E-state index in [9.17, 15) is 4.79 Å². The maximum Gasteiger partial charge on any atom is 0.168 e. The molecule has 1 aliphatic heterocycles. The Morgan fingerprint density at radius 3 is 2.86 bits per heavy atom. The summed E-state index contributed by atoms with van der Waals surface area (Å²) in [7, 11) is 1.59. The van der Waals surface area contributed by atoms with Gasteiger partial charge in [0.15, 0.2) is 5.78 Å². The van der Waals surface area contributed by atoms with Gasteiger partial charge in [0.05, 0.1) is 6.61 Å². The van der Waals surface area contributed by atoms with Crippen LogP contribution in [0.3, 0.4) is 0 Å². The van der Waals surface area contributed by atoms with Crippen LogP contribution in [0, 0.1) is 0 Å². The van der Waals surface area contributed by atoms with E-state index in [0.717, 1.165) is 19.3 Å². The first kappa shape index (κ1) is 11.6. The van der Waals surface area contributed by atoms with Gasteiger partial charge >= 0.3 is 0 Å². The van der Waals surface area contributed by atoms with Crippen LogP contribution < -0.4 is 5.73 Å². The number of methoxy groups -OCH3 is 1. The largest absolute Gasteiger partial charge is 0.381 e. The zero-order valence-corrected chi connectivity index (χ0v) is 8.75. The predicted octanol–water partition coefficient (Wildman–Crippen LogP) is 0.490. The maximum atomic E-state index is 11.8. The lowest BCUT2D eigenvalue weighted by Crippen LogP contribution is -2.48. The van der Waals surface area contributed by atoms with Gasteiger partial charge in [-0.25, -0.2) is 0 Å². The van der Waals surface area contributed by atoms with Gasteiger partial charge in [-0.05, 0) is 25.8 Å². The molecular formula is C10H19NO3. The van der Waals surface area contributed by atoms with Crippen LogP contribution in [0.1, 0.15) is 25.7 Å². The van der Waals surface area contributed by atoms with E-state index < -0.39 is 5.60 Å². The van der Waals surface area contributed by atoms with Gasteiger partial charge in [0, 0.05) is 20.1 Å². The summed E-state index contributed by atoms with van der Waals surface area (Å²) in [6.45, 7) is 1.39. The summed E-state index contributed by atoms with van der Waals surface area (Å²) in [6.07, 6.45) is 3.20. The zero-order valence-electron chi connectivity index (χ0n) is 8.75. The third-order valence-corrected chi connectivity index (χ3v) is 2.61. The molecule has 0 aliphatic carbocycles. The van der Waals surface area contributed by atoms with Gasteiger partial charge in [0.2, 0.25) is 0 Å². The summed E-state index contributed by atoms with van der Waals surface area (Å²) in [5.74, 6) is 0.0848. The molecule has 0 bridgehead atoms. The van der Waals surface area contributed by atoms with Crippen LogP contribution in [0.2, 0.25) is 0 Å². The Balaban J connectivity index is 2.63. The second-order valence-corrected chi connectivity index (χ2v) is 3.69. The van der Waals surface area contributed by atoms with E-state index in [2.05, 4.69) is 0 Å². The maximum absolute atomic E-state index is 11.8. The average Bonchev–Trinajstić information content (AvgIpc) is 2.20. The molecule has 0 saturated carbocycles. The number of hydrogen-bond donors (Lipinski definition) is 1. The van der Waals surface area contributed by atoms with Gasteiger partial charge in [0.1, 0.15) is 5.60 Å². The lowest BCUT2D eigenvalue weighted by molar-refractivity contribution is -0.160. The van der Waals surface area contributed by atoms with Gasteiger partial charge < -0.3 is 15.2 Å². The highest BCUT2D eigenvalue weighted by molar-refractivity contribution is 5.87. The van der Waals surface area contributed by atoms with Crippen molar-refractivity contribution in [2.75, 3.05) is 26.9 Å². The van der Waals surface area contributed by atoms with Crippen molar-refractivity contribution in [1.29, 1.82) is 0 Å². The van der Waals surface area contributed by atoms with Crippen molar-refractivity contribution in [2.24, 2.45) is 5.73 Å². The van der Waals surface area contributed by atoms with Gasteiger partial charge in [-0.2, -0.15) is 0 Å². The van der Waals surface area contributed by atoms with Crippen LogP contribution >= 0.6 is 0 Å². The average molecular weight is 201 g/mol. The number of ether oxygens (including phenoxy) is 2. The number of carbonyl (C=O) groups is 1. The van der Waals surface area contributed by atoms with E-state index in [1.165, 1.54) is 0 Å². The highest BCUT2D eigenvalue weighted by atomic mass is 16.5. The molecule has 0 spiro atoms. The van der Waals surface area contributed by atoms with Crippen molar-refractivity contribution < 1.29 is 14.3 Å². The molecule has 1 unspecified atom stereocenters. The molecule has 1 aliphatic rings. The molecule has 1 heterocycles. The summed E-state index contributed by atoms with van der Waals surface area (Å²) in [4.78, 5) is 11.8. The lowest BCUT2D eigenvalue weighted by Gasteiger charge is -2.35. The highest BCUT2D eigenvalue weighted by Crippen LogP contribution is 2.27. The van der Waals surface area contributed by atoms with E-state index in [1.54, 1.807) is 7.11 Å². The Labute approximate surface area is 84.7 Å². The van der Waals surface area contributed by atoms with E-state index in [-0.39, 0.29) is 5.78 Å². The molecule has 0 aromatic heterocycles. The van der Waals surface area contributed by atoms with Crippen LogP contribution in [-0.2, 0) is 14.3 Å². The number of rotatable bonds is 5. The van der Waals surface area contributed by atoms with Crippen molar-refractivity contribution in [3.8, 4) is 0 Å². The molecule has 1 atom stereocenters. The molecule has 4 nitrogen and oxygen atoms in total. The summed E-state index contributed by atoms with van der Waals surface area (Å²) in [5.41, 5.74) is 4.67. The molecule has 2 N–H and O–H groups in total. The molecule has 0 amide bonds. The third-order valence-electron chi connectivity index (χ3n) is 2.61. The number of carbonyl (C=O) groups excluding carboxylic acids is 1. The Morgan fingerprint density at radius 1 is 1.57 bits per heavy atom. The minimum atomic E-state index is -0.702. The first-order valence-corrected chi connectivity index (χ1v) is 5.11. The number of Topliss-reactive ketones (excluding diaryl/α,β-unsaturated/α-hetero) is 1. The Hall–Kier alpha value is -0.450. The topological polar surface area (TPSA) is 61.5 Å². The number of nitrogens with two attached hydrogens (primary N) is 1. The van der Waals surface area contributed by atoms with Crippen molar-refractivity contribution in [3.63, 3.8) is 0 Å².